The van der Waals surface area contributed by atoms with Gasteiger partial charge in [-0.15, -0.1) is 22.7 Å². The molecule has 0 aliphatic carbocycles. The summed E-state index contributed by atoms with van der Waals surface area (Å²) in [6.45, 7) is 2.56. The fourth-order valence-electron chi connectivity index (χ4n) is 0.976. The van der Waals surface area contributed by atoms with Gasteiger partial charge in [-0.05, 0) is 6.92 Å². The fraction of sp³-hybridized carbons (Fsp3) is 0.250. The van der Waals surface area contributed by atoms with Crippen LogP contribution in [-0.2, 0) is 6.54 Å². The predicted octanol–water partition coefficient (Wildman–Crippen LogP) is 2.03. The summed E-state index contributed by atoms with van der Waals surface area (Å²) in [7, 11) is 0. The topological polar surface area (TPSA) is 51.8 Å². The molecule has 2 N–H and O–H groups in total. The van der Waals surface area contributed by atoms with E-state index < -0.39 is 0 Å². The molecule has 0 amide bonds. The highest BCUT2D eigenvalue weighted by atomic mass is 32.1. The first-order valence-electron chi connectivity index (χ1n) is 3.87. The maximum absolute atomic E-state index is 5.50. The molecule has 0 radical (unpaired) electrons. The molecule has 0 aromatic carbocycles. The second-order valence-electron chi connectivity index (χ2n) is 2.58. The van der Waals surface area contributed by atoms with Crippen molar-refractivity contribution < 1.29 is 0 Å². The van der Waals surface area contributed by atoms with Crippen LogP contribution < -0.4 is 5.73 Å². The Bertz CT molecular complexity index is 405. The normalized spacial score (nSPS) is 10.6. The van der Waals surface area contributed by atoms with E-state index in [2.05, 4.69) is 9.97 Å². The lowest BCUT2D eigenvalue weighted by Crippen LogP contribution is -1.91. The third-order valence-corrected chi connectivity index (χ3v) is 3.69. The molecule has 0 unspecified atom stereocenters. The van der Waals surface area contributed by atoms with Crippen molar-refractivity contribution in [2.24, 2.45) is 5.73 Å². The molecule has 13 heavy (non-hydrogen) atoms. The van der Waals surface area contributed by atoms with Crippen LogP contribution in [0.25, 0.3) is 9.88 Å². The Balaban J connectivity index is 2.35. The number of nitrogens with zero attached hydrogens (tertiary/aromatic N) is 2. The summed E-state index contributed by atoms with van der Waals surface area (Å²) in [4.78, 5) is 10.7. The molecule has 0 bridgehead atoms. The van der Waals surface area contributed by atoms with E-state index in [-0.39, 0.29) is 0 Å². The van der Waals surface area contributed by atoms with E-state index >= 15 is 0 Å². The van der Waals surface area contributed by atoms with Crippen molar-refractivity contribution in [3.8, 4) is 9.88 Å². The Morgan fingerprint density at radius 1 is 1.31 bits per heavy atom. The van der Waals surface area contributed by atoms with Crippen molar-refractivity contribution >= 4 is 22.7 Å². The highest BCUT2D eigenvalue weighted by molar-refractivity contribution is 7.21. The van der Waals surface area contributed by atoms with Crippen molar-refractivity contribution in [3.05, 3.63) is 22.3 Å². The minimum absolute atomic E-state index is 0.565. The van der Waals surface area contributed by atoms with Crippen LogP contribution in [0, 0.1) is 6.92 Å². The molecule has 2 aromatic heterocycles. The van der Waals surface area contributed by atoms with Gasteiger partial charge in [0.15, 0.2) is 0 Å². The van der Waals surface area contributed by atoms with Gasteiger partial charge in [0.1, 0.15) is 5.01 Å². The van der Waals surface area contributed by atoms with Gasteiger partial charge in [0.25, 0.3) is 0 Å². The Kier molecular flexibility index (Phi) is 2.39. The minimum Gasteiger partial charge on any atom is -0.326 e. The molecular formula is C8H9N3S2. The number of hydrogen-bond acceptors (Lipinski definition) is 5. The van der Waals surface area contributed by atoms with Gasteiger partial charge in [-0.2, -0.15) is 0 Å². The van der Waals surface area contributed by atoms with E-state index in [0.717, 1.165) is 19.8 Å². The molecule has 0 fully saturated rings. The summed E-state index contributed by atoms with van der Waals surface area (Å²) in [6.07, 6.45) is 3.69. The molecule has 68 valence electrons. The third-order valence-electron chi connectivity index (χ3n) is 1.59. The fourth-order valence-corrected chi connectivity index (χ4v) is 2.59. The van der Waals surface area contributed by atoms with Gasteiger partial charge in [0.2, 0.25) is 0 Å². The summed E-state index contributed by atoms with van der Waals surface area (Å²) >= 11 is 3.29. The zero-order chi connectivity index (χ0) is 9.26. The molecule has 2 aromatic rings. The summed E-state index contributed by atoms with van der Waals surface area (Å²) < 4.78 is 0. The van der Waals surface area contributed by atoms with Crippen molar-refractivity contribution in [1.82, 2.24) is 9.97 Å². The molecule has 0 aliphatic rings. The molecule has 3 nitrogen and oxygen atoms in total. The molecule has 0 spiro atoms. The van der Waals surface area contributed by atoms with Crippen molar-refractivity contribution in [3.63, 3.8) is 0 Å². The number of rotatable bonds is 2. The van der Waals surface area contributed by atoms with Gasteiger partial charge < -0.3 is 5.73 Å². The molecular weight excluding hydrogens is 202 g/mol. The largest absolute Gasteiger partial charge is 0.326 e. The Morgan fingerprint density at radius 2 is 2.15 bits per heavy atom. The average Bonchev–Trinajstić information content (AvgIpc) is 2.71. The summed E-state index contributed by atoms with van der Waals surface area (Å²) in [6, 6.07) is 0. The highest BCUT2D eigenvalue weighted by Gasteiger charge is 2.06. The zero-order valence-corrected chi connectivity index (χ0v) is 8.78. The van der Waals surface area contributed by atoms with Crippen molar-refractivity contribution in [2.75, 3.05) is 0 Å². The van der Waals surface area contributed by atoms with Gasteiger partial charge >= 0.3 is 0 Å². The zero-order valence-electron chi connectivity index (χ0n) is 7.15. The Hall–Kier alpha value is -0.780. The van der Waals surface area contributed by atoms with Crippen molar-refractivity contribution in [1.29, 1.82) is 0 Å². The lowest BCUT2D eigenvalue weighted by atomic mass is 10.5. The van der Waals surface area contributed by atoms with E-state index in [1.165, 1.54) is 0 Å². The van der Waals surface area contributed by atoms with Gasteiger partial charge in [0, 0.05) is 23.8 Å². The van der Waals surface area contributed by atoms with E-state index in [1.807, 2.05) is 19.3 Å². The SMILES string of the molecule is Cc1ncc(-c2ncc(CN)s2)s1. The highest BCUT2D eigenvalue weighted by Crippen LogP contribution is 2.29. The number of aryl methyl sites for hydroxylation is 1. The van der Waals surface area contributed by atoms with Crippen LogP contribution in [-0.4, -0.2) is 9.97 Å². The maximum atomic E-state index is 5.50. The lowest BCUT2D eigenvalue weighted by molar-refractivity contribution is 1.10. The Morgan fingerprint density at radius 3 is 2.69 bits per heavy atom. The monoisotopic (exact) mass is 211 g/mol. The second kappa shape index (κ2) is 3.53. The quantitative estimate of drug-likeness (QED) is 0.827. The van der Waals surface area contributed by atoms with Crippen LogP contribution in [0.15, 0.2) is 12.4 Å². The molecule has 5 heteroatoms. The number of nitrogens with two attached hydrogens (primary N) is 1. The molecule has 0 aliphatic heterocycles. The number of aromatic nitrogens is 2. The van der Waals surface area contributed by atoms with Gasteiger partial charge in [-0.25, -0.2) is 9.97 Å². The van der Waals surface area contributed by atoms with Crippen LogP contribution in [0.2, 0.25) is 0 Å². The van der Waals surface area contributed by atoms with Crippen LogP contribution in [0.1, 0.15) is 9.88 Å². The van der Waals surface area contributed by atoms with E-state index in [4.69, 9.17) is 5.73 Å². The molecule has 2 heterocycles. The second-order valence-corrected chi connectivity index (χ2v) is 4.93. The number of hydrogen-bond donors (Lipinski definition) is 1. The Labute approximate surface area is 84.3 Å². The molecule has 0 saturated heterocycles. The average molecular weight is 211 g/mol. The van der Waals surface area contributed by atoms with Crippen LogP contribution in [0.5, 0.6) is 0 Å². The molecule has 2 rings (SSSR count). The molecule has 0 atom stereocenters. The summed E-state index contributed by atoms with van der Waals surface area (Å²) in [5.41, 5.74) is 5.50. The summed E-state index contributed by atoms with van der Waals surface area (Å²) in [5.74, 6) is 0. The van der Waals surface area contributed by atoms with Crippen LogP contribution >= 0.6 is 22.7 Å². The van der Waals surface area contributed by atoms with Gasteiger partial charge in [0.05, 0.1) is 9.88 Å². The maximum Gasteiger partial charge on any atom is 0.135 e. The lowest BCUT2D eigenvalue weighted by Gasteiger charge is -1.85. The molecule has 0 saturated carbocycles. The number of thiazole rings is 2. The van der Waals surface area contributed by atoms with Gasteiger partial charge in [-0.3, -0.25) is 0 Å². The first-order chi connectivity index (χ1) is 6.29. The van der Waals surface area contributed by atoms with Gasteiger partial charge in [-0.1, -0.05) is 0 Å². The first kappa shape index (κ1) is 8.80. The summed E-state index contributed by atoms with van der Waals surface area (Å²) in [5, 5.41) is 2.09. The smallest absolute Gasteiger partial charge is 0.135 e. The van der Waals surface area contributed by atoms with E-state index in [9.17, 15) is 0 Å². The standard InChI is InChI=1S/C8H9N3S2/c1-5-10-4-7(12-5)8-11-3-6(2-9)13-8/h3-4H,2,9H2,1H3. The first-order valence-corrected chi connectivity index (χ1v) is 5.50. The van der Waals surface area contributed by atoms with Crippen molar-refractivity contribution in [2.45, 2.75) is 13.5 Å². The van der Waals surface area contributed by atoms with E-state index in [0.29, 0.717) is 6.54 Å². The third kappa shape index (κ3) is 1.77. The predicted molar refractivity (Wildman–Crippen MR) is 55.9 cm³/mol. The van der Waals surface area contributed by atoms with Crippen LogP contribution in [0.4, 0.5) is 0 Å². The van der Waals surface area contributed by atoms with Crippen LogP contribution in [0.3, 0.4) is 0 Å². The van der Waals surface area contributed by atoms with E-state index in [1.54, 1.807) is 22.7 Å². The minimum atomic E-state index is 0.565.